The van der Waals surface area contributed by atoms with Crippen molar-refractivity contribution in [3.8, 4) is 0 Å². The van der Waals surface area contributed by atoms with Crippen LogP contribution in [0, 0.1) is 5.92 Å². The summed E-state index contributed by atoms with van der Waals surface area (Å²) in [6.07, 6.45) is 4.75. The smallest absolute Gasteiger partial charge is 0.211 e. The third-order valence-corrected chi connectivity index (χ3v) is 4.50. The molecule has 90 valence electrons. The van der Waals surface area contributed by atoms with Gasteiger partial charge in [-0.1, -0.05) is 6.92 Å². The molecular weight excluding hydrogens is 212 g/mol. The summed E-state index contributed by atoms with van der Waals surface area (Å²) in [6.45, 7) is 2.65. The fraction of sp³-hybridized carbons (Fsp3) is 1.00. The van der Waals surface area contributed by atoms with Gasteiger partial charge < -0.3 is 5.73 Å². The Hall–Kier alpha value is -0.130. The minimum absolute atomic E-state index is 0.156. The average molecular weight is 234 g/mol. The molecule has 0 atom stereocenters. The number of sulfonamides is 1. The zero-order valence-corrected chi connectivity index (χ0v) is 10.2. The number of hydrogen-bond donors (Lipinski definition) is 2. The fourth-order valence-electron chi connectivity index (χ4n) is 1.96. The number of nitrogens with one attached hydrogen (secondary N) is 1. The van der Waals surface area contributed by atoms with Crippen molar-refractivity contribution in [1.82, 2.24) is 4.72 Å². The fourth-order valence-corrected chi connectivity index (χ4v) is 3.37. The molecule has 1 fully saturated rings. The van der Waals surface area contributed by atoms with Crippen LogP contribution in [0.2, 0.25) is 0 Å². The van der Waals surface area contributed by atoms with E-state index in [9.17, 15) is 8.42 Å². The van der Waals surface area contributed by atoms with Crippen molar-refractivity contribution in [2.75, 3.05) is 12.3 Å². The summed E-state index contributed by atoms with van der Waals surface area (Å²) in [5, 5.41) is 0. The quantitative estimate of drug-likeness (QED) is 0.740. The molecule has 0 saturated heterocycles. The van der Waals surface area contributed by atoms with Gasteiger partial charge in [0.1, 0.15) is 0 Å². The molecule has 15 heavy (non-hydrogen) atoms. The van der Waals surface area contributed by atoms with Gasteiger partial charge in [-0.05, 0) is 44.6 Å². The van der Waals surface area contributed by atoms with Crippen molar-refractivity contribution in [2.45, 2.75) is 45.1 Å². The highest BCUT2D eigenvalue weighted by atomic mass is 32.2. The van der Waals surface area contributed by atoms with E-state index in [2.05, 4.69) is 11.6 Å². The lowest BCUT2D eigenvalue weighted by molar-refractivity contribution is 0.332. The molecule has 4 nitrogen and oxygen atoms in total. The summed E-state index contributed by atoms with van der Waals surface area (Å²) in [5.74, 6) is 0.907. The van der Waals surface area contributed by atoms with Gasteiger partial charge in [0.15, 0.2) is 0 Å². The summed E-state index contributed by atoms with van der Waals surface area (Å²) in [6, 6.07) is 0.156. The molecule has 0 aromatic rings. The van der Waals surface area contributed by atoms with Crippen LogP contribution in [0.5, 0.6) is 0 Å². The van der Waals surface area contributed by atoms with E-state index in [1.165, 1.54) is 0 Å². The van der Waals surface area contributed by atoms with E-state index in [1.54, 1.807) is 0 Å². The second-order valence-electron chi connectivity index (χ2n) is 4.54. The maximum Gasteiger partial charge on any atom is 0.211 e. The highest BCUT2D eigenvalue weighted by molar-refractivity contribution is 7.89. The lowest BCUT2D eigenvalue weighted by atomic mass is 9.88. The number of nitrogens with two attached hydrogens (primary N) is 1. The lowest BCUT2D eigenvalue weighted by Gasteiger charge is -2.26. The SMILES string of the molecule is CC1CCC(NS(=O)(=O)CCCN)CC1. The van der Waals surface area contributed by atoms with Crippen molar-refractivity contribution >= 4 is 10.0 Å². The first kappa shape index (κ1) is 12.9. The lowest BCUT2D eigenvalue weighted by Crippen LogP contribution is -2.38. The molecule has 0 unspecified atom stereocenters. The summed E-state index contributed by atoms with van der Waals surface area (Å²) < 4.78 is 25.9. The Morgan fingerprint density at radius 2 is 1.87 bits per heavy atom. The van der Waals surface area contributed by atoms with Crippen LogP contribution in [0.4, 0.5) is 0 Å². The first-order chi connectivity index (χ1) is 7.03. The number of rotatable bonds is 5. The molecule has 0 heterocycles. The molecule has 3 N–H and O–H groups in total. The topological polar surface area (TPSA) is 72.2 Å². The van der Waals surface area contributed by atoms with E-state index in [-0.39, 0.29) is 11.8 Å². The van der Waals surface area contributed by atoms with Crippen LogP contribution in [0.3, 0.4) is 0 Å². The van der Waals surface area contributed by atoms with Crippen LogP contribution in [0.1, 0.15) is 39.0 Å². The van der Waals surface area contributed by atoms with Crippen LogP contribution in [0.15, 0.2) is 0 Å². The third kappa shape index (κ3) is 4.95. The Kier molecular flexibility index (Phi) is 5.02. The zero-order chi connectivity index (χ0) is 11.3. The molecule has 5 heteroatoms. The van der Waals surface area contributed by atoms with Gasteiger partial charge in [0.05, 0.1) is 5.75 Å². The first-order valence-electron chi connectivity index (χ1n) is 5.73. The predicted octanol–water partition coefficient (Wildman–Crippen LogP) is 0.833. The molecule has 0 aliphatic heterocycles. The normalized spacial score (nSPS) is 27.9. The van der Waals surface area contributed by atoms with Gasteiger partial charge in [0.25, 0.3) is 0 Å². The van der Waals surface area contributed by atoms with E-state index in [0.717, 1.165) is 31.6 Å². The molecule has 0 bridgehead atoms. The van der Waals surface area contributed by atoms with E-state index in [1.807, 2.05) is 0 Å². The second-order valence-corrected chi connectivity index (χ2v) is 6.41. The molecule has 1 rings (SSSR count). The second kappa shape index (κ2) is 5.82. The Morgan fingerprint density at radius 3 is 2.40 bits per heavy atom. The number of hydrogen-bond acceptors (Lipinski definition) is 3. The summed E-state index contributed by atoms with van der Waals surface area (Å²) in [4.78, 5) is 0. The summed E-state index contributed by atoms with van der Waals surface area (Å²) >= 11 is 0. The Morgan fingerprint density at radius 1 is 1.27 bits per heavy atom. The Labute approximate surface area is 92.7 Å². The minimum atomic E-state index is -3.09. The first-order valence-corrected chi connectivity index (χ1v) is 7.39. The van der Waals surface area contributed by atoms with Crippen molar-refractivity contribution in [2.24, 2.45) is 11.7 Å². The van der Waals surface area contributed by atoms with Crippen molar-refractivity contribution in [1.29, 1.82) is 0 Å². The van der Waals surface area contributed by atoms with Gasteiger partial charge in [-0.3, -0.25) is 0 Å². The van der Waals surface area contributed by atoms with Gasteiger partial charge in [-0.2, -0.15) is 0 Å². The maximum absolute atomic E-state index is 11.6. The van der Waals surface area contributed by atoms with Gasteiger partial charge >= 0.3 is 0 Å². The predicted molar refractivity (Wildman–Crippen MR) is 62.0 cm³/mol. The van der Waals surface area contributed by atoms with Crippen molar-refractivity contribution < 1.29 is 8.42 Å². The average Bonchev–Trinajstić information content (AvgIpc) is 2.18. The van der Waals surface area contributed by atoms with Gasteiger partial charge in [-0.25, -0.2) is 13.1 Å². The maximum atomic E-state index is 11.6. The van der Waals surface area contributed by atoms with E-state index >= 15 is 0 Å². The van der Waals surface area contributed by atoms with Crippen molar-refractivity contribution in [3.05, 3.63) is 0 Å². The molecule has 1 aliphatic carbocycles. The molecule has 0 amide bonds. The molecule has 0 aromatic carbocycles. The van der Waals surface area contributed by atoms with Crippen molar-refractivity contribution in [3.63, 3.8) is 0 Å². The van der Waals surface area contributed by atoms with Crippen LogP contribution >= 0.6 is 0 Å². The van der Waals surface area contributed by atoms with Crippen LogP contribution < -0.4 is 10.5 Å². The molecule has 1 aliphatic rings. The van der Waals surface area contributed by atoms with Gasteiger partial charge in [0, 0.05) is 6.04 Å². The minimum Gasteiger partial charge on any atom is -0.330 e. The molecule has 0 radical (unpaired) electrons. The van der Waals surface area contributed by atoms with Gasteiger partial charge in [-0.15, -0.1) is 0 Å². The largest absolute Gasteiger partial charge is 0.330 e. The Balaban J connectivity index is 2.34. The van der Waals surface area contributed by atoms with Crippen LogP contribution in [-0.2, 0) is 10.0 Å². The monoisotopic (exact) mass is 234 g/mol. The van der Waals surface area contributed by atoms with Crippen LogP contribution in [-0.4, -0.2) is 26.8 Å². The molecule has 0 spiro atoms. The van der Waals surface area contributed by atoms with E-state index in [4.69, 9.17) is 5.73 Å². The van der Waals surface area contributed by atoms with Crippen LogP contribution in [0.25, 0.3) is 0 Å². The summed E-state index contributed by atoms with van der Waals surface area (Å²) in [7, 11) is -3.09. The molecule has 0 aromatic heterocycles. The molecular formula is C10H22N2O2S. The third-order valence-electron chi connectivity index (χ3n) is 2.98. The molecule has 1 saturated carbocycles. The van der Waals surface area contributed by atoms with E-state index in [0.29, 0.717) is 13.0 Å². The summed E-state index contributed by atoms with van der Waals surface area (Å²) in [5.41, 5.74) is 5.29. The highest BCUT2D eigenvalue weighted by Crippen LogP contribution is 2.23. The standard InChI is InChI=1S/C10H22N2O2S/c1-9-3-5-10(6-4-9)12-15(13,14)8-2-7-11/h9-10,12H,2-8,11H2,1H3. The van der Waals surface area contributed by atoms with E-state index < -0.39 is 10.0 Å². The highest BCUT2D eigenvalue weighted by Gasteiger charge is 2.22. The Bertz CT molecular complexity index is 269. The zero-order valence-electron chi connectivity index (χ0n) is 9.41. The van der Waals surface area contributed by atoms with Gasteiger partial charge in [0.2, 0.25) is 10.0 Å².